The van der Waals surface area contributed by atoms with Gasteiger partial charge in [-0.2, -0.15) is 0 Å². The standard InChI is InChI=1S/C22H28N4O2S/c1-7-25(17-10-8-9-14(2)11-17)19(27)13-26-18(12-24(5)6)23-21-20(22(26)28)15(3)16(4)29-21/h8-11H,7,12-13H2,1-6H3. The molecular formula is C22H28N4O2S. The monoisotopic (exact) mass is 412 g/mol. The van der Waals surface area contributed by atoms with Gasteiger partial charge in [-0.15, -0.1) is 11.3 Å². The van der Waals surface area contributed by atoms with Gasteiger partial charge in [-0.05, 0) is 65.0 Å². The molecule has 3 aromatic rings. The van der Waals surface area contributed by atoms with Crippen LogP contribution in [-0.2, 0) is 17.9 Å². The number of fused-ring (bicyclic) bond motifs is 1. The number of rotatable bonds is 6. The first-order valence-electron chi connectivity index (χ1n) is 9.74. The lowest BCUT2D eigenvalue weighted by Gasteiger charge is -2.23. The van der Waals surface area contributed by atoms with E-state index in [1.165, 1.54) is 11.3 Å². The summed E-state index contributed by atoms with van der Waals surface area (Å²) in [4.78, 5) is 36.8. The van der Waals surface area contributed by atoms with Gasteiger partial charge in [0.1, 0.15) is 17.2 Å². The van der Waals surface area contributed by atoms with Crippen LogP contribution in [0.3, 0.4) is 0 Å². The first-order chi connectivity index (χ1) is 13.7. The maximum atomic E-state index is 13.3. The Bertz CT molecular complexity index is 1110. The molecule has 0 spiro atoms. The van der Waals surface area contributed by atoms with Crippen LogP contribution < -0.4 is 10.5 Å². The molecule has 0 fully saturated rings. The minimum Gasteiger partial charge on any atom is -0.311 e. The van der Waals surface area contributed by atoms with E-state index in [0.29, 0.717) is 24.3 Å². The lowest BCUT2D eigenvalue weighted by molar-refractivity contribution is -0.119. The van der Waals surface area contributed by atoms with Gasteiger partial charge in [-0.1, -0.05) is 12.1 Å². The molecule has 0 N–H and O–H groups in total. The van der Waals surface area contributed by atoms with Crippen LogP contribution in [0.1, 0.15) is 28.8 Å². The first-order valence-corrected chi connectivity index (χ1v) is 10.6. The molecule has 154 valence electrons. The van der Waals surface area contributed by atoms with E-state index in [4.69, 9.17) is 4.98 Å². The van der Waals surface area contributed by atoms with Crippen LogP contribution >= 0.6 is 11.3 Å². The van der Waals surface area contributed by atoms with E-state index in [9.17, 15) is 9.59 Å². The Morgan fingerprint density at radius 2 is 1.93 bits per heavy atom. The number of aromatic nitrogens is 2. The highest BCUT2D eigenvalue weighted by molar-refractivity contribution is 7.18. The largest absolute Gasteiger partial charge is 0.311 e. The second kappa shape index (κ2) is 8.47. The number of carbonyl (C=O) groups excluding carboxylic acids is 1. The van der Waals surface area contributed by atoms with E-state index >= 15 is 0 Å². The van der Waals surface area contributed by atoms with Crippen LogP contribution in [-0.4, -0.2) is 41.0 Å². The summed E-state index contributed by atoms with van der Waals surface area (Å²) in [6.45, 7) is 8.88. The van der Waals surface area contributed by atoms with E-state index in [0.717, 1.165) is 26.5 Å². The number of aryl methyl sites for hydroxylation is 3. The molecule has 2 heterocycles. The van der Waals surface area contributed by atoms with E-state index in [1.54, 1.807) is 9.47 Å². The van der Waals surface area contributed by atoms with Crippen molar-refractivity contribution in [1.29, 1.82) is 0 Å². The molecule has 2 aromatic heterocycles. The highest BCUT2D eigenvalue weighted by Crippen LogP contribution is 2.26. The zero-order chi connectivity index (χ0) is 21.3. The van der Waals surface area contributed by atoms with Crippen molar-refractivity contribution < 1.29 is 4.79 Å². The lowest BCUT2D eigenvalue weighted by atomic mass is 10.2. The predicted molar refractivity (Wildman–Crippen MR) is 120 cm³/mol. The van der Waals surface area contributed by atoms with Gasteiger partial charge >= 0.3 is 0 Å². The zero-order valence-electron chi connectivity index (χ0n) is 17.9. The maximum Gasteiger partial charge on any atom is 0.263 e. The number of benzene rings is 1. The molecule has 0 radical (unpaired) electrons. The van der Waals surface area contributed by atoms with Gasteiger partial charge in [-0.25, -0.2) is 4.98 Å². The van der Waals surface area contributed by atoms with Crippen molar-refractivity contribution in [2.45, 2.75) is 40.8 Å². The van der Waals surface area contributed by atoms with Crippen LogP contribution in [0.15, 0.2) is 29.1 Å². The van der Waals surface area contributed by atoms with Crippen molar-refractivity contribution in [3.63, 3.8) is 0 Å². The van der Waals surface area contributed by atoms with E-state index in [-0.39, 0.29) is 18.0 Å². The topological polar surface area (TPSA) is 58.4 Å². The summed E-state index contributed by atoms with van der Waals surface area (Å²) < 4.78 is 1.54. The van der Waals surface area contributed by atoms with Gasteiger partial charge < -0.3 is 9.80 Å². The van der Waals surface area contributed by atoms with Crippen molar-refractivity contribution >= 4 is 33.1 Å². The fourth-order valence-corrected chi connectivity index (χ4v) is 4.49. The summed E-state index contributed by atoms with van der Waals surface area (Å²) >= 11 is 1.53. The molecule has 0 saturated heterocycles. The fraction of sp³-hybridized carbons (Fsp3) is 0.409. The molecule has 0 aliphatic carbocycles. The number of thiophene rings is 1. The van der Waals surface area contributed by atoms with Crippen LogP contribution in [0.4, 0.5) is 5.69 Å². The first kappa shape index (κ1) is 21.2. The molecule has 0 aliphatic rings. The molecule has 0 unspecified atom stereocenters. The van der Waals surface area contributed by atoms with Gasteiger partial charge in [-0.3, -0.25) is 14.2 Å². The van der Waals surface area contributed by atoms with Crippen LogP contribution in [0.25, 0.3) is 10.2 Å². The molecule has 1 aromatic carbocycles. The number of hydrogen-bond donors (Lipinski definition) is 0. The third-order valence-corrected chi connectivity index (χ3v) is 6.15. The minimum atomic E-state index is -0.137. The van der Waals surface area contributed by atoms with E-state index < -0.39 is 0 Å². The molecule has 0 atom stereocenters. The predicted octanol–water partition coefficient (Wildman–Crippen LogP) is 3.50. The summed E-state index contributed by atoms with van der Waals surface area (Å²) in [6.07, 6.45) is 0. The van der Waals surface area contributed by atoms with E-state index in [2.05, 4.69) is 0 Å². The number of likely N-dealkylation sites (N-methyl/N-ethyl adjacent to an activating group) is 1. The fourth-order valence-electron chi connectivity index (χ4n) is 3.46. The average molecular weight is 413 g/mol. The number of anilines is 1. The second-order valence-electron chi connectivity index (χ2n) is 7.60. The Morgan fingerprint density at radius 1 is 1.21 bits per heavy atom. The summed E-state index contributed by atoms with van der Waals surface area (Å²) in [5, 5.41) is 0.626. The second-order valence-corrected chi connectivity index (χ2v) is 8.80. The molecule has 6 nitrogen and oxygen atoms in total. The molecule has 29 heavy (non-hydrogen) atoms. The number of carbonyl (C=O) groups is 1. The van der Waals surface area contributed by atoms with Gasteiger partial charge in [0, 0.05) is 17.1 Å². The van der Waals surface area contributed by atoms with Crippen LogP contribution in [0.2, 0.25) is 0 Å². The molecule has 0 aliphatic heterocycles. The summed E-state index contributed by atoms with van der Waals surface area (Å²) in [5.74, 6) is 0.494. The van der Waals surface area contributed by atoms with Gasteiger partial charge in [0.15, 0.2) is 0 Å². The average Bonchev–Trinajstić information content (AvgIpc) is 2.92. The third kappa shape index (κ3) is 4.26. The van der Waals surface area contributed by atoms with Gasteiger partial charge in [0.05, 0.1) is 11.9 Å². The molecule has 0 bridgehead atoms. The van der Waals surface area contributed by atoms with Crippen molar-refractivity contribution in [3.8, 4) is 0 Å². The third-order valence-electron chi connectivity index (χ3n) is 5.05. The Labute approximate surface area is 175 Å². The van der Waals surface area contributed by atoms with Gasteiger partial charge in [0.2, 0.25) is 5.91 Å². The van der Waals surface area contributed by atoms with Crippen molar-refractivity contribution in [1.82, 2.24) is 14.5 Å². The molecule has 0 saturated carbocycles. The van der Waals surface area contributed by atoms with Crippen LogP contribution in [0.5, 0.6) is 0 Å². The Morgan fingerprint density at radius 3 is 2.55 bits per heavy atom. The minimum absolute atomic E-state index is 0.0267. The van der Waals surface area contributed by atoms with Crippen molar-refractivity contribution in [3.05, 3.63) is 56.4 Å². The SMILES string of the molecule is CCN(C(=O)Cn1c(CN(C)C)nc2sc(C)c(C)c2c1=O)c1cccc(C)c1. The number of hydrogen-bond acceptors (Lipinski definition) is 5. The summed E-state index contributed by atoms with van der Waals surface area (Å²) in [5.41, 5.74) is 2.75. The molecule has 1 amide bonds. The molecular weight excluding hydrogens is 384 g/mol. The van der Waals surface area contributed by atoms with E-state index in [1.807, 2.05) is 71.0 Å². The normalized spacial score (nSPS) is 11.4. The quantitative estimate of drug-likeness (QED) is 0.622. The maximum absolute atomic E-state index is 13.3. The van der Waals surface area contributed by atoms with Crippen molar-refractivity contribution in [2.24, 2.45) is 0 Å². The smallest absolute Gasteiger partial charge is 0.263 e. The Balaban J connectivity index is 2.07. The van der Waals surface area contributed by atoms with Crippen LogP contribution in [0, 0.1) is 20.8 Å². The lowest BCUT2D eigenvalue weighted by Crippen LogP contribution is -2.38. The Kier molecular flexibility index (Phi) is 6.19. The highest BCUT2D eigenvalue weighted by atomic mass is 32.1. The number of nitrogens with zero attached hydrogens (tertiary/aromatic N) is 4. The number of amides is 1. The Hall–Kier alpha value is -2.51. The molecule has 7 heteroatoms. The van der Waals surface area contributed by atoms with Gasteiger partial charge in [0.25, 0.3) is 5.56 Å². The van der Waals surface area contributed by atoms with Crippen molar-refractivity contribution in [2.75, 3.05) is 25.5 Å². The summed E-state index contributed by atoms with van der Waals surface area (Å²) in [7, 11) is 3.86. The molecule has 3 rings (SSSR count). The highest BCUT2D eigenvalue weighted by Gasteiger charge is 2.21. The zero-order valence-corrected chi connectivity index (χ0v) is 18.8. The summed E-state index contributed by atoms with van der Waals surface area (Å²) in [6, 6.07) is 7.85.